The van der Waals surface area contributed by atoms with Gasteiger partial charge in [0, 0.05) is 12.8 Å². The zero-order chi connectivity index (χ0) is 49.3. The summed E-state index contributed by atoms with van der Waals surface area (Å²) in [7, 11) is 0. The molecular formula is C62H119NO5. The van der Waals surface area contributed by atoms with Crippen molar-refractivity contribution in [2.45, 2.75) is 347 Å². The average molecular weight is 959 g/mol. The summed E-state index contributed by atoms with van der Waals surface area (Å²) in [6.07, 6.45) is 70.7. The Balaban J connectivity index is 3.46. The van der Waals surface area contributed by atoms with Crippen LogP contribution in [0.25, 0.3) is 0 Å². The van der Waals surface area contributed by atoms with Gasteiger partial charge in [-0.05, 0) is 51.4 Å². The van der Waals surface area contributed by atoms with Crippen molar-refractivity contribution in [2.24, 2.45) is 0 Å². The van der Waals surface area contributed by atoms with Crippen molar-refractivity contribution < 1.29 is 24.5 Å². The fourth-order valence-electron chi connectivity index (χ4n) is 9.50. The van der Waals surface area contributed by atoms with E-state index in [0.29, 0.717) is 19.4 Å². The van der Waals surface area contributed by atoms with Gasteiger partial charge in [0.15, 0.2) is 0 Å². The predicted molar refractivity (Wildman–Crippen MR) is 296 cm³/mol. The van der Waals surface area contributed by atoms with Crippen LogP contribution in [0.3, 0.4) is 0 Å². The molecule has 2 atom stereocenters. The van der Waals surface area contributed by atoms with Gasteiger partial charge in [0.25, 0.3) is 0 Å². The second-order valence-electron chi connectivity index (χ2n) is 21.0. The Labute approximate surface area is 424 Å². The van der Waals surface area contributed by atoms with Crippen LogP contribution in [0.5, 0.6) is 0 Å². The fraction of sp³-hybridized carbons (Fsp3) is 0.903. The van der Waals surface area contributed by atoms with Gasteiger partial charge in [0.1, 0.15) is 0 Å². The Morgan fingerprint density at radius 1 is 0.397 bits per heavy atom. The number of unbranched alkanes of at least 4 members (excludes halogenated alkanes) is 44. The summed E-state index contributed by atoms with van der Waals surface area (Å²) in [6.45, 7) is 4.87. The predicted octanol–water partition coefficient (Wildman–Crippen LogP) is 19.0. The van der Waals surface area contributed by atoms with Gasteiger partial charge in [-0.3, -0.25) is 9.59 Å². The molecule has 0 heterocycles. The lowest BCUT2D eigenvalue weighted by Gasteiger charge is -2.20. The molecular weight excluding hydrogens is 839 g/mol. The minimum absolute atomic E-state index is 0.00838. The van der Waals surface area contributed by atoms with Gasteiger partial charge < -0.3 is 20.3 Å². The molecule has 0 fully saturated rings. The highest BCUT2D eigenvalue weighted by Crippen LogP contribution is 2.18. The van der Waals surface area contributed by atoms with Crippen molar-refractivity contribution in [3.8, 4) is 0 Å². The molecule has 1 amide bonds. The zero-order valence-electron chi connectivity index (χ0n) is 45.9. The third-order valence-corrected chi connectivity index (χ3v) is 14.2. The number of hydrogen-bond acceptors (Lipinski definition) is 5. The first kappa shape index (κ1) is 66.3. The summed E-state index contributed by atoms with van der Waals surface area (Å²) in [6, 6.07) is -0.634. The minimum Gasteiger partial charge on any atom is -0.466 e. The van der Waals surface area contributed by atoms with Gasteiger partial charge in [-0.1, -0.05) is 295 Å². The summed E-state index contributed by atoms with van der Waals surface area (Å²) in [4.78, 5) is 24.5. The number of ether oxygens (including phenoxy) is 1. The second-order valence-corrected chi connectivity index (χ2v) is 21.0. The molecule has 0 aliphatic heterocycles. The first-order valence-electron chi connectivity index (χ1n) is 30.6. The van der Waals surface area contributed by atoms with E-state index >= 15 is 0 Å². The van der Waals surface area contributed by atoms with Crippen LogP contribution in [-0.4, -0.2) is 47.4 Å². The van der Waals surface area contributed by atoms with Gasteiger partial charge in [0.2, 0.25) is 5.91 Å². The van der Waals surface area contributed by atoms with E-state index in [9.17, 15) is 19.8 Å². The van der Waals surface area contributed by atoms with Gasteiger partial charge in [-0.15, -0.1) is 0 Å². The lowest BCUT2D eigenvalue weighted by atomic mass is 10.0. The number of aliphatic hydroxyl groups excluding tert-OH is 2. The molecule has 0 bridgehead atoms. The average Bonchev–Trinajstić information content (AvgIpc) is 3.34. The molecule has 3 N–H and O–H groups in total. The van der Waals surface area contributed by atoms with Crippen molar-refractivity contribution >= 4 is 11.9 Å². The molecule has 0 aliphatic carbocycles. The number of carbonyl (C=O) groups is 2. The van der Waals surface area contributed by atoms with E-state index in [-0.39, 0.29) is 18.5 Å². The molecule has 0 aliphatic rings. The Morgan fingerprint density at radius 2 is 0.706 bits per heavy atom. The van der Waals surface area contributed by atoms with E-state index in [1.54, 1.807) is 6.08 Å². The van der Waals surface area contributed by atoms with Crippen LogP contribution in [0.15, 0.2) is 24.3 Å². The quantitative estimate of drug-likeness (QED) is 0.0321. The van der Waals surface area contributed by atoms with Gasteiger partial charge >= 0.3 is 5.97 Å². The summed E-state index contributed by atoms with van der Waals surface area (Å²) in [5, 5.41) is 23.2. The van der Waals surface area contributed by atoms with Crippen molar-refractivity contribution in [3.63, 3.8) is 0 Å². The van der Waals surface area contributed by atoms with Crippen LogP contribution in [0, 0.1) is 0 Å². The molecule has 0 aromatic heterocycles. The topological polar surface area (TPSA) is 95.9 Å². The monoisotopic (exact) mass is 958 g/mol. The van der Waals surface area contributed by atoms with Crippen LogP contribution in [0.1, 0.15) is 335 Å². The van der Waals surface area contributed by atoms with E-state index < -0.39 is 12.1 Å². The SMILES string of the molecule is CCCC/C=C\CCCCCCCC(=O)OCCCCCCCCCCCCCCCCCCC(=O)NC(CO)C(O)/C=C/CCCCCCCCCCCCCCCCCCCCCCCC. The lowest BCUT2D eigenvalue weighted by Crippen LogP contribution is -2.45. The number of esters is 1. The summed E-state index contributed by atoms with van der Waals surface area (Å²) >= 11 is 0. The van der Waals surface area contributed by atoms with Gasteiger partial charge in [0.05, 0.1) is 25.4 Å². The molecule has 0 saturated carbocycles. The number of nitrogens with one attached hydrogen (secondary N) is 1. The summed E-state index contributed by atoms with van der Waals surface area (Å²) < 4.78 is 5.45. The zero-order valence-corrected chi connectivity index (χ0v) is 45.9. The van der Waals surface area contributed by atoms with Crippen LogP contribution in [-0.2, 0) is 14.3 Å². The molecule has 0 spiro atoms. The molecule has 0 aromatic carbocycles. The van der Waals surface area contributed by atoms with Crippen LogP contribution in [0.4, 0.5) is 0 Å². The van der Waals surface area contributed by atoms with Crippen molar-refractivity contribution in [1.82, 2.24) is 5.32 Å². The van der Waals surface area contributed by atoms with Crippen LogP contribution < -0.4 is 5.32 Å². The maximum atomic E-state index is 12.5. The Kier molecular flexibility index (Phi) is 56.5. The first-order chi connectivity index (χ1) is 33.5. The van der Waals surface area contributed by atoms with Crippen molar-refractivity contribution in [3.05, 3.63) is 24.3 Å². The highest BCUT2D eigenvalue weighted by molar-refractivity contribution is 5.76. The molecule has 2 unspecified atom stereocenters. The minimum atomic E-state index is -0.850. The Hall–Kier alpha value is -1.66. The summed E-state index contributed by atoms with van der Waals surface area (Å²) in [5.41, 5.74) is 0. The first-order valence-corrected chi connectivity index (χ1v) is 30.6. The summed E-state index contributed by atoms with van der Waals surface area (Å²) in [5.74, 6) is -0.0801. The van der Waals surface area contributed by atoms with E-state index in [1.807, 2.05) is 6.08 Å². The Bertz CT molecular complexity index is 1060. The standard InChI is InChI=1S/C62H119NO5/c1-3-5-7-9-11-13-15-16-17-18-19-20-21-22-23-24-25-28-31-35-38-42-46-50-54-60(65)59(58-64)63-61(66)55-51-47-43-39-36-32-29-26-27-30-33-37-41-45-49-53-57-68-62(67)56-52-48-44-40-34-14-12-10-8-6-4-2/h10,12,50,54,59-60,64-65H,3-9,11,13-49,51-53,55-58H2,1-2H3,(H,63,66)/b12-10-,54-50+. The van der Waals surface area contributed by atoms with E-state index in [4.69, 9.17) is 4.74 Å². The molecule has 0 aromatic rings. The third kappa shape index (κ3) is 53.7. The highest BCUT2D eigenvalue weighted by Gasteiger charge is 2.18. The van der Waals surface area contributed by atoms with Gasteiger partial charge in [-0.25, -0.2) is 0 Å². The van der Waals surface area contributed by atoms with Crippen molar-refractivity contribution in [1.29, 1.82) is 0 Å². The number of allylic oxidation sites excluding steroid dienone is 3. The molecule has 0 saturated heterocycles. The second kappa shape index (κ2) is 57.9. The van der Waals surface area contributed by atoms with Gasteiger partial charge in [-0.2, -0.15) is 0 Å². The highest BCUT2D eigenvalue weighted by atomic mass is 16.5. The number of carbonyl (C=O) groups excluding carboxylic acids is 2. The van der Waals surface area contributed by atoms with Crippen LogP contribution >= 0.6 is 0 Å². The third-order valence-electron chi connectivity index (χ3n) is 14.2. The number of rotatable bonds is 57. The number of hydrogen-bond donors (Lipinski definition) is 3. The fourth-order valence-corrected chi connectivity index (χ4v) is 9.50. The largest absolute Gasteiger partial charge is 0.466 e. The van der Waals surface area contributed by atoms with E-state index in [2.05, 4.69) is 31.3 Å². The van der Waals surface area contributed by atoms with E-state index in [1.165, 1.54) is 263 Å². The smallest absolute Gasteiger partial charge is 0.305 e. The Morgan fingerprint density at radius 3 is 1.09 bits per heavy atom. The molecule has 68 heavy (non-hydrogen) atoms. The molecule has 6 heteroatoms. The maximum Gasteiger partial charge on any atom is 0.305 e. The lowest BCUT2D eigenvalue weighted by molar-refractivity contribution is -0.143. The molecule has 0 rings (SSSR count). The van der Waals surface area contributed by atoms with Crippen molar-refractivity contribution in [2.75, 3.05) is 13.2 Å². The van der Waals surface area contributed by atoms with E-state index in [0.717, 1.165) is 44.9 Å². The number of aliphatic hydroxyl groups is 2. The maximum absolute atomic E-state index is 12.5. The molecule has 6 nitrogen and oxygen atoms in total. The normalized spacial score (nSPS) is 12.7. The number of amides is 1. The molecule has 402 valence electrons. The molecule has 0 radical (unpaired) electrons. The van der Waals surface area contributed by atoms with Crippen LogP contribution in [0.2, 0.25) is 0 Å².